The van der Waals surface area contributed by atoms with E-state index in [4.69, 9.17) is 5.73 Å². The number of nitrogens with two attached hydrogens (primary N) is 1. The van der Waals surface area contributed by atoms with Crippen molar-refractivity contribution in [3.05, 3.63) is 11.8 Å². The van der Waals surface area contributed by atoms with Gasteiger partial charge in [0.1, 0.15) is 0 Å². The number of allylic oxidation sites excluding steroid dienone is 1. The van der Waals surface area contributed by atoms with Crippen LogP contribution in [-0.2, 0) is 0 Å². The summed E-state index contributed by atoms with van der Waals surface area (Å²) in [6.45, 7) is 3.66. The lowest BCUT2D eigenvalue weighted by molar-refractivity contribution is 1.47. The molecule has 0 amide bonds. The molecule has 38 valence electrons. The fourth-order valence-corrected chi connectivity index (χ4v) is 0.239. The van der Waals surface area contributed by atoms with Crippen LogP contribution in [0.5, 0.6) is 0 Å². The Kier molecular flexibility index (Phi) is 2.87. The second-order valence-corrected chi connectivity index (χ2v) is 1.22. The Morgan fingerprint density at radius 2 is 2.29 bits per heavy atom. The van der Waals surface area contributed by atoms with Crippen LogP contribution in [0.2, 0.25) is 0 Å². The van der Waals surface area contributed by atoms with E-state index >= 15 is 0 Å². The van der Waals surface area contributed by atoms with Crippen LogP contribution in [0.4, 0.5) is 0 Å². The molecule has 0 bridgehead atoms. The third-order valence-corrected chi connectivity index (χ3v) is 0.572. The van der Waals surface area contributed by atoms with Crippen molar-refractivity contribution in [3.63, 3.8) is 0 Å². The molecule has 0 aliphatic rings. The molecule has 0 aliphatic carbocycles. The van der Waals surface area contributed by atoms with E-state index in [1.807, 2.05) is 6.92 Å². The van der Waals surface area contributed by atoms with E-state index in [2.05, 4.69) is 11.8 Å². The lowest BCUT2D eigenvalue weighted by Crippen LogP contribution is -1.79. The Morgan fingerprint density at radius 1 is 1.71 bits per heavy atom. The molecule has 0 heterocycles. The third-order valence-electron chi connectivity index (χ3n) is 0.572. The minimum Gasteiger partial charge on any atom is -0.404 e. The van der Waals surface area contributed by atoms with Crippen LogP contribution in [0.3, 0.4) is 0 Å². The summed E-state index contributed by atoms with van der Waals surface area (Å²) in [4.78, 5) is 0. The second kappa shape index (κ2) is 3.30. The van der Waals surface area contributed by atoms with Crippen LogP contribution in [-0.4, -0.2) is 0 Å². The Balaban J connectivity index is 3.75. The van der Waals surface area contributed by atoms with Crippen LogP contribution >= 0.6 is 0 Å². The normalized spacial score (nSPS) is 9.71. The fraction of sp³-hybridized carbons (Fsp3) is 0.333. The van der Waals surface area contributed by atoms with Crippen LogP contribution in [0, 0.1) is 11.8 Å². The van der Waals surface area contributed by atoms with Gasteiger partial charge in [-0.15, -0.1) is 5.92 Å². The van der Waals surface area contributed by atoms with Gasteiger partial charge in [0.25, 0.3) is 0 Å². The van der Waals surface area contributed by atoms with Crippen molar-refractivity contribution in [1.29, 1.82) is 0 Å². The fourth-order valence-electron chi connectivity index (χ4n) is 0.239. The van der Waals surface area contributed by atoms with Gasteiger partial charge >= 0.3 is 0 Å². The molecule has 0 rings (SSSR count). The van der Waals surface area contributed by atoms with Crippen LogP contribution in [0.1, 0.15) is 13.8 Å². The van der Waals surface area contributed by atoms with Gasteiger partial charge in [0, 0.05) is 11.8 Å². The van der Waals surface area contributed by atoms with E-state index in [1.165, 1.54) is 6.20 Å². The molecule has 0 unspecified atom stereocenters. The molecule has 0 aromatic rings. The summed E-state index contributed by atoms with van der Waals surface area (Å²) in [5, 5.41) is 0. The van der Waals surface area contributed by atoms with E-state index in [1.54, 1.807) is 6.92 Å². The Hall–Kier alpha value is -0.900. The van der Waals surface area contributed by atoms with Crippen molar-refractivity contribution >= 4 is 0 Å². The van der Waals surface area contributed by atoms with E-state index in [0.717, 1.165) is 5.57 Å². The number of hydrogen-bond acceptors (Lipinski definition) is 1. The monoisotopic (exact) mass is 95.1 g/mol. The van der Waals surface area contributed by atoms with Crippen molar-refractivity contribution in [1.82, 2.24) is 0 Å². The second-order valence-electron chi connectivity index (χ2n) is 1.22. The zero-order valence-electron chi connectivity index (χ0n) is 4.65. The van der Waals surface area contributed by atoms with Gasteiger partial charge in [-0.2, -0.15) is 0 Å². The van der Waals surface area contributed by atoms with Gasteiger partial charge in [0.15, 0.2) is 0 Å². The summed E-state index contributed by atoms with van der Waals surface area (Å²) in [5.41, 5.74) is 6.01. The Morgan fingerprint density at radius 3 is 2.43 bits per heavy atom. The van der Waals surface area contributed by atoms with E-state index < -0.39 is 0 Å². The zero-order valence-corrected chi connectivity index (χ0v) is 4.65. The van der Waals surface area contributed by atoms with E-state index in [-0.39, 0.29) is 0 Å². The molecule has 2 N–H and O–H groups in total. The van der Waals surface area contributed by atoms with Crippen LogP contribution < -0.4 is 5.73 Å². The molecular weight excluding hydrogens is 86.1 g/mol. The van der Waals surface area contributed by atoms with Gasteiger partial charge < -0.3 is 5.73 Å². The minimum atomic E-state index is 0.919. The first-order valence-electron chi connectivity index (χ1n) is 2.12. The summed E-state index contributed by atoms with van der Waals surface area (Å²) in [7, 11) is 0. The highest BCUT2D eigenvalue weighted by atomic mass is 14.5. The Labute approximate surface area is 44.2 Å². The zero-order chi connectivity index (χ0) is 5.70. The first-order valence-corrected chi connectivity index (χ1v) is 2.12. The van der Waals surface area contributed by atoms with Gasteiger partial charge in [0.2, 0.25) is 0 Å². The molecule has 0 aliphatic heterocycles. The molecule has 1 heteroatoms. The topological polar surface area (TPSA) is 26.0 Å². The van der Waals surface area contributed by atoms with E-state index in [0.29, 0.717) is 0 Å². The van der Waals surface area contributed by atoms with Gasteiger partial charge in [-0.1, -0.05) is 5.92 Å². The molecule has 7 heavy (non-hydrogen) atoms. The summed E-state index contributed by atoms with van der Waals surface area (Å²) in [6, 6.07) is 0. The molecule has 0 aromatic carbocycles. The standard InChI is InChI=1S/C6H9N/c1-3-4-6(2)5-7/h5H,7H2,1-2H3/b6-5+. The third kappa shape index (κ3) is 2.92. The minimum absolute atomic E-state index is 0.919. The van der Waals surface area contributed by atoms with Crippen molar-refractivity contribution in [2.45, 2.75) is 13.8 Å². The van der Waals surface area contributed by atoms with Crippen LogP contribution in [0.25, 0.3) is 0 Å². The molecule has 0 atom stereocenters. The molecular formula is C6H9N. The molecule has 1 nitrogen and oxygen atoms in total. The number of hydrogen-bond donors (Lipinski definition) is 1. The first kappa shape index (κ1) is 6.10. The Bertz CT molecular complexity index is 123. The maximum absolute atomic E-state index is 5.09. The maximum Gasteiger partial charge on any atom is 0.0144 e. The molecule has 0 fully saturated rings. The molecule has 0 aromatic heterocycles. The van der Waals surface area contributed by atoms with Gasteiger partial charge in [-0.3, -0.25) is 0 Å². The summed E-state index contributed by atoms with van der Waals surface area (Å²) < 4.78 is 0. The van der Waals surface area contributed by atoms with Crippen molar-refractivity contribution in [3.8, 4) is 11.8 Å². The summed E-state index contributed by atoms with van der Waals surface area (Å²) >= 11 is 0. The summed E-state index contributed by atoms with van der Waals surface area (Å²) in [6.07, 6.45) is 1.50. The van der Waals surface area contributed by atoms with Crippen molar-refractivity contribution in [2.75, 3.05) is 0 Å². The van der Waals surface area contributed by atoms with Gasteiger partial charge in [0.05, 0.1) is 0 Å². The van der Waals surface area contributed by atoms with Crippen molar-refractivity contribution < 1.29 is 0 Å². The first-order chi connectivity index (χ1) is 3.31. The highest BCUT2D eigenvalue weighted by molar-refractivity contribution is 5.24. The largest absolute Gasteiger partial charge is 0.404 e. The van der Waals surface area contributed by atoms with E-state index in [9.17, 15) is 0 Å². The highest BCUT2D eigenvalue weighted by Gasteiger charge is 1.69. The predicted octanol–water partition coefficient (Wildman–Crippen LogP) is 0.872. The maximum atomic E-state index is 5.09. The molecule has 0 spiro atoms. The van der Waals surface area contributed by atoms with Crippen molar-refractivity contribution in [2.24, 2.45) is 5.73 Å². The highest BCUT2D eigenvalue weighted by Crippen LogP contribution is 1.80. The number of rotatable bonds is 0. The average molecular weight is 95.1 g/mol. The van der Waals surface area contributed by atoms with Crippen LogP contribution in [0.15, 0.2) is 11.8 Å². The van der Waals surface area contributed by atoms with Gasteiger partial charge in [-0.25, -0.2) is 0 Å². The quantitative estimate of drug-likeness (QED) is 0.444. The lowest BCUT2D eigenvalue weighted by atomic mass is 10.3. The molecule has 0 saturated carbocycles. The lowest BCUT2D eigenvalue weighted by Gasteiger charge is -1.76. The SMILES string of the molecule is CC#C/C(C)=C/N. The van der Waals surface area contributed by atoms with Gasteiger partial charge in [-0.05, 0) is 13.8 Å². The molecule has 0 saturated heterocycles. The predicted molar refractivity (Wildman–Crippen MR) is 31.4 cm³/mol. The average Bonchev–Trinajstić information content (AvgIpc) is 1.68. The smallest absolute Gasteiger partial charge is 0.0144 e. The summed E-state index contributed by atoms with van der Waals surface area (Å²) in [5.74, 6) is 5.50. The molecule has 0 radical (unpaired) electrons.